The van der Waals surface area contributed by atoms with E-state index in [1.54, 1.807) is 0 Å². The van der Waals surface area contributed by atoms with E-state index in [4.69, 9.17) is 0 Å². The van der Waals surface area contributed by atoms with Gasteiger partial charge in [-0.2, -0.15) is 0 Å². The average Bonchev–Trinajstić information content (AvgIpc) is 2.70. The van der Waals surface area contributed by atoms with Crippen LogP contribution in [0.15, 0.2) is 0 Å². The SMILES string of the molecule is CC1(C)C(C(=O)N2CCCCC2CCBr)C1(C)C. The van der Waals surface area contributed by atoms with E-state index < -0.39 is 0 Å². The fourth-order valence-electron chi connectivity index (χ4n) is 3.70. The van der Waals surface area contributed by atoms with Crippen LogP contribution in [0.2, 0.25) is 0 Å². The van der Waals surface area contributed by atoms with E-state index in [0.29, 0.717) is 11.9 Å². The Labute approximate surface area is 120 Å². The highest BCUT2D eigenvalue weighted by atomic mass is 79.9. The quantitative estimate of drug-likeness (QED) is 0.725. The monoisotopic (exact) mass is 315 g/mol. The summed E-state index contributed by atoms with van der Waals surface area (Å²) in [5.74, 6) is 0.636. The Morgan fingerprint density at radius 2 is 1.83 bits per heavy atom. The summed E-state index contributed by atoms with van der Waals surface area (Å²) in [6.07, 6.45) is 4.74. The van der Waals surface area contributed by atoms with Crippen LogP contribution < -0.4 is 0 Å². The number of carbonyl (C=O) groups is 1. The molecule has 0 bridgehead atoms. The molecule has 1 unspecified atom stereocenters. The van der Waals surface area contributed by atoms with E-state index in [1.165, 1.54) is 19.3 Å². The van der Waals surface area contributed by atoms with Gasteiger partial charge in [0, 0.05) is 23.8 Å². The van der Waals surface area contributed by atoms with Gasteiger partial charge in [0.05, 0.1) is 0 Å². The lowest BCUT2D eigenvalue weighted by atomic mass is 9.98. The number of alkyl halides is 1. The van der Waals surface area contributed by atoms with Gasteiger partial charge in [-0.05, 0) is 36.5 Å². The van der Waals surface area contributed by atoms with Gasteiger partial charge in [-0.15, -0.1) is 0 Å². The number of nitrogens with zero attached hydrogens (tertiary/aromatic N) is 1. The van der Waals surface area contributed by atoms with E-state index in [0.717, 1.165) is 18.3 Å². The number of hydrogen-bond acceptors (Lipinski definition) is 1. The smallest absolute Gasteiger partial charge is 0.227 e. The van der Waals surface area contributed by atoms with Gasteiger partial charge in [0.25, 0.3) is 0 Å². The first-order valence-electron chi connectivity index (χ1n) is 7.20. The molecule has 2 nitrogen and oxygen atoms in total. The Kier molecular flexibility index (Phi) is 3.84. The van der Waals surface area contributed by atoms with Gasteiger partial charge in [0.15, 0.2) is 0 Å². The number of likely N-dealkylation sites (tertiary alicyclic amines) is 1. The van der Waals surface area contributed by atoms with Crippen LogP contribution in [-0.4, -0.2) is 28.7 Å². The zero-order valence-corrected chi connectivity index (χ0v) is 13.7. The Morgan fingerprint density at radius 3 is 2.33 bits per heavy atom. The fraction of sp³-hybridized carbons (Fsp3) is 0.933. The van der Waals surface area contributed by atoms with E-state index in [2.05, 4.69) is 48.5 Å². The van der Waals surface area contributed by atoms with Gasteiger partial charge in [-0.3, -0.25) is 4.79 Å². The molecule has 1 heterocycles. The van der Waals surface area contributed by atoms with Crippen LogP contribution in [0.25, 0.3) is 0 Å². The molecular formula is C15H26BrNO. The van der Waals surface area contributed by atoms with Crippen molar-refractivity contribution < 1.29 is 4.79 Å². The summed E-state index contributed by atoms with van der Waals surface area (Å²) in [5, 5.41) is 0.999. The van der Waals surface area contributed by atoms with Crippen molar-refractivity contribution in [3.8, 4) is 0 Å². The van der Waals surface area contributed by atoms with Crippen LogP contribution in [-0.2, 0) is 4.79 Å². The first-order valence-corrected chi connectivity index (χ1v) is 8.32. The van der Waals surface area contributed by atoms with Gasteiger partial charge < -0.3 is 4.90 Å². The van der Waals surface area contributed by atoms with Crippen molar-refractivity contribution in [2.24, 2.45) is 16.7 Å². The normalized spacial score (nSPS) is 30.3. The molecule has 0 N–H and O–H groups in total. The van der Waals surface area contributed by atoms with Gasteiger partial charge in [-0.25, -0.2) is 0 Å². The minimum absolute atomic E-state index is 0.167. The molecule has 3 heteroatoms. The molecule has 1 amide bonds. The molecule has 2 fully saturated rings. The molecular weight excluding hydrogens is 290 g/mol. The van der Waals surface area contributed by atoms with Gasteiger partial charge in [0.2, 0.25) is 5.91 Å². The second-order valence-electron chi connectivity index (χ2n) is 7.04. The van der Waals surface area contributed by atoms with Crippen molar-refractivity contribution in [2.75, 3.05) is 11.9 Å². The number of hydrogen-bond donors (Lipinski definition) is 0. The summed E-state index contributed by atoms with van der Waals surface area (Å²) in [6.45, 7) is 9.91. The van der Waals surface area contributed by atoms with E-state index in [1.807, 2.05) is 0 Å². The van der Waals surface area contributed by atoms with Crippen molar-refractivity contribution in [3.05, 3.63) is 0 Å². The van der Waals surface area contributed by atoms with Crippen molar-refractivity contribution in [1.82, 2.24) is 4.90 Å². The summed E-state index contributed by atoms with van der Waals surface area (Å²) >= 11 is 3.52. The molecule has 0 aromatic carbocycles. The first kappa shape index (κ1) is 14.4. The molecule has 18 heavy (non-hydrogen) atoms. The van der Waals surface area contributed by atoms with Crippen LogP contribution in [0.4, 0.5) is 0 Å². The molecule has 2 aliphatic rings. The Balaban J connectivity index is 2.08. The summed E-state index contributed by atoms with van der Waals surface area (Å²) < 4.78 is 0. The summed E-state index contributed by atoms with van der Waals surface area (Å²) in [6, 6.07) is 0.470. The fourth-order valence-corrected chi connectivity index (χ4v) is 4.22. The second kappa shape index (κ2) is 4.81. The summed E-state index contributed by atoms with van der Waals surface area (Å²) in [4.78, 5) is 15.0. The first-order chi connectivity index (χ1) is 8.34. The molecule has 0 radical (unpaired) electrons. The van der Waals surface area contributed by atoms with E-state index >= 15 is 0 Å². The van der Waals surface area contributed by atoms with E-state index in [9.17, 15) is 4.79 Å². The Hall–Kier alpha value is -0.0500. The molecule has 0 aromatic rings. The number of amides is 1. The van der Waals surface area contributed by atoms with Gasteiger partial charge >= 0.3 is 0 Å². The van der Waals surface area contributed by atoms with Gasteiger partial charge in [-0.1, -0.05) is 43.6 Å². The summed E-state index contributed by atoms with van der Waals surface area (Å²) in [7, 11) is 0. The predicted molar refractivity (Wildman–Crippen MR) is 78.8 cm³/mol. The van der Waals surface area contributed by atoms with Crippen LogP contribution in [0.3, 0.4) is 0 Å². The van der Waals surface area contributed by atoms with Crippen molar-refractivity contribution in [2.45, 2.75) is 59.4 Å². The molecule has 1 aliphatic heterocycles. The number of rotatable bonds is 3. The van der Waals surface area contributed by atoms with Crippen LogP contribution in [0, 0.1) is 16.7 Å². The summed E-state index contributed by atoms with van der Waals surface area (Å²) in [5.41, 5.74) is 0.334. The Bertz CT molecular complexity index is 321. The third kappa shape index (κ3) is 2.13. The van der Waals surface area contributed by atoms with Crippen molar-refractivity contribution >= 4 is 21.8 Å². The highest BCUT2D eigenvalue weighted by Gasteiger charge is 2.69. The van der Waals surface area contributed by atoms with Crippen LogP contribution >= 0.6 is 15.9 Å². The van der Waals surface area contributed by atoms with Crippen LogP contribution in [0.5, 0.6) is 0 Å². The standard InChI is InChI=1S/C15H26BrNO/c1-14(2)12(15(14,3)4)13(18)17-10-6-5-7-11(17)8-9-16/h11-12H,5-10H2,1-4H3. The third-order valence-electron chi connectivity index (χ3n) is 5.62. The van der Waals surface area contributed by atoms with E-state index in [-0.39, 0.29) is 16.7 Å². The van der Waals surface area contributed by atoms with Gasteiger partial charge in [0.1, 0.15) is 0 Å². The predicted octanol–water partition coefficient (Wildman–Crippen LogP) is 3.83. The highest BCUT2D eigenvalue weighted by molar-refractivity contribution is 9.09. The molecule has 1 aliphatic carbocycles. The molecule has 1 atom stereocenters. The minimum Gasteiger partial charge on any atom is -0.339 e. The molecule has 2 rings (SSSR count). The number of carbonyl (C=O) groups excluding carboxylic acids is 1. The Morgan fingerprint density at radius 1 is 1.22 bits per heavy atom. The lowest BCUT2D eigenvalue weighted by molar-refractivity contribution is -0.137. The number of halogens is 1. The zero-order valence-electron chi connectivity index (χ0n) is 12.1. The van der Waals surface area contributed by atoms with Crippen molar-refractivity contribution in [1.29, 1.82) is 0 Å². The molecule has 0 aromatic heterocycles. The maximum absolute atomic E-state index is 12.8. The maximum Gasteiger partial charge on any atom is 0.227 e. The second-order valence-corrected chi connectivity index (χ2v) is 7.83. The molecule has 104 valence electrons. The van der Waals surface area contributed by atoms with Crippen LogP contribution in [0.1, 0.15) is 53.4 Å². The molecule has 0 spiro atoms. The number of piperidine rings is 1. The zero-order chi connectivity index (χ0) is 13.6. The molecule has 1 saturated heterocycles. The third-order valence-corrected chi connectivity index (χ3v) is 6.08. The van der Waals surface area contributed by atoms with Crippen molar-refractivity contribution in [3.63, 3.8) is 0 Å². The highest BCUT2D eigenvalue weighted by Crippen LogP contribution is 2.69. The maximum atomic E-state index is 12.8. The largest absolute Gasteiger partial charge is 0.339 e. The minimum atomic E-state index is 0.167. The topological polar surface area (TPSA) is 20.3 Å². The molecule has 1 saturated carbocycles. The lowest BCUT2D eigenvalue weighted by Gasteiger charge is -2.36. The lowest BCUT2D eigenvalue weighted by Crippen LogP contribution is -2.45. The average molecular weight is 316 g/mol.